The number of hydrogen-bond acceptors (Lipinski definition) is 1. The van der Waals surface area contributed by atoms with E-state index in [9.17, 15) is 8.78 Å². The summed E-state index contributed by atoms with van der Waals surface area (Å²) in [5, 5.41) is 0. The van der Waals surface area contributed by atoms with Gasteiger partial charge in [-0.1, -0.05) is 25.5 Å². The molecule has 0 radical (unpaired) electrons. The lowest BCUT2D eigenvalue weighted by Crippen LogP contribution is -2.01. The molecule has 0 bridgehead atoms. The molecule has 0 aliphatic heterocycles. The average molecular weight is 186 g/mol. The van der Waals surface area contributed by atoms with E-state index in [0.29, 0.717) is 0 Å². The zero-order chi connectivity index (χ0) is 9.68. The third-order valence-electron chi connectivity index (χ3n) is 1.69. The summed E-state index contributed by atoms with van der Waals surface area (Å²) in [5.41, 5.74) is 1.14. The van der Waals surface area contributed by atoms with Crippen molar-refractivity contribution in [1.29, 1.82) is 0 Å². The molecule has 13 heavy (non-hydrogen) atoms. The fraction of sp³-hybridized carbons (Fsp3) is 0.400. The molecule has 1 nitrogen and oxygen atoms in total. The Bertz CT molecular complexity index is 244. The lowest BCUT2D eigenvalue weighted by atomic mass is 10.1. The van der Waals surface area contributed by atoms with Gasteiger partial charge in [-0.15, -0.1) is 0 Å². The Labute approximate surface area is 76.3 Å². The van der Waals surface area contributed by atoms with Crippen LogP contribution in [0.5, 0.6) is 5.75 Å². The molecule has 0 N–H and O–H groups in total. The van der Waals surface area contributed by atoms with Gasteiger partial charge in [-0.2, -0.15) is 8.78 Å². The molecule has 1 aromatic carbocycles. The van der Waals surface area contributed by atoms with Crippen molar-refractivity contribution in [2.75, 3.05) is 0 Å². The maximum atomic E-state index is 11.7. The summed E-state index contributed by atoms with van der Waals surface area (Å²) in [5.74, 6) is 0.217. The first-order valence-electron chi connectivity index (χ1n) is 4.26. The first-order chi connectivity index (χ1) is 6.22. The fourth-order valence-electron chi connectivity index (χ4n) is 1.13. The van der Waals surface area contributed by atoms with Crippen LogP contribution in [0.3, 0.4) is 0 Å². The monoisotopic (exact) mass is 186 g/mol. The van der Waals surface area contributed by atoms with E-state index >= 15 is 0 Å². The summed E-state index contributed by atoms with van der Waals surface area (Å²) in [6, 6.07) is 6.75. The Balaban J connectivity index is 2.59. The Morgan fingerprint density at radius 3 is 2.31 bits per heavy atom. The van der Waals surface area contributed by atoms with E-state index in [-0.39, 0.29) is 5.75 Å². The first-order valence-corrected chi connectivity index (χ1v) is 4.26. The van der Waals surface area contributed by atoms with Crippen molar-refractivity contribution in [2.45, 2.75) is 26.4 Å². The van der Waals surface area contributed by atoms with Gasteiger partial charge in [-0.3, -0.25) is 0 Å². The minimum Gasteiger partial charge on any atom is -0.435 e. The fourth-order valence-corrected chi connectivity index (χ4v) is 1.13. The molecular formula is C10H12F2O. The molecule has 0 aromatic heterocycles. The maximum absolute atomic E-state index is 11.7. The Hall–Kier alpha value is -1.12. The van der Waals surface area contributed by atoms with E-state index in [0.717, 1.165) is 18.4 Å². The molecule has 0 amide bonds. The standard InChI is InChI=1S/C10H12F2O/c1-2-3-8-4-6-9(7-5-8)13-10(11)12/h4-7,10H,2-3H2,1H3. The van der Waals surface area contributed by atoms with Gasteiger partial charge in [-0.05, 0) is 24.1 Å². The highest BCUT2D eigenvalue weighted by molar-refractivity contribution is 5.27. The van der Waals surface area contributed by atoms with Crippen LogP contribution in [-0.2, 0) is 6.42 Å². The summed E-state index contributed by atoms with van der Waals surface area (Å²) < 4.78 is 27.7. The number of ether oxygens (including phenoxy) is 1. The first kappa shape index (κ1) is 9.96. The van der Waals surface area contributed by atoms with Gasteiger partial charge in [0.2, 0.25) is 0 Å². The van der Waals surface area contributed by atoms with Crippen LogP contribution in [0.25, 0.3) is 0 Å². The number of benzene rings is 1. The Kier molecular flexibility index (Phi) is 3.68. The molecule has 1 aromatic rings. The number of hydrogen-bond donors (Lipinski definition) is 0. The summed E-state index contributed by atoms with van der Waals surface area (Å²) in [7, 11) is 0. The molecule has 72 valence electrons. The van der Waals surface area contributed by atoms with E-state index in [1.807, 2.05) is 0 Å². The highest BCUT2D eigenvalue weighted by atomic mass is 19.3. The van der Waals surface area contributed by atoms with E-state index in [4.69, 9.17) is 0 Å². The van der Waals surface area contributed by atoms with Gasteiger partial charge in [0, 0.05) is 0 Å². The Morgan fingerprint density at radius 1 is 1.23 bits per heavy atom. The van der Waals surface area contributed by atoms with Gasteiger partial charge in [0.1, 0.15) is 5.75 Å². The predicted molar refractivity (Wildman–Crippen MR) is 47.1 cm³/mol. The lowest BCUT2D eigenvalue weighted by Gasteiger charge is -2.04. The van der Waals surface area contributed by atoms with Crippen molar-refractivity contribution in [1.82, 2.24) is 0 Å². The molecule has 0 saturated carbocycles. The normalized spacial score (nSPS) is 10.5. The van der Waals surface area contributed by atoms with Gasteiger partial charge in [-0.25, -0.2) is 0 Å². The molecule has 0 aliphatic carbocycles. The van der Waals surface area contributed by atoms with Gasteiger partial charge in [0.25, 0.3) is 0 Å². The highest BCUT2D eigenvalue weighted by Crippen LogP contribution is 2.15. The minimum absolute atomic E-state index is 0.217. The van der Waals surface area contributed by atoms with Crippen molar-refractivity contribution < 1.29 is 13.5 Å². The van der Waals surface area contributed by atoms with Gasteiger partial charge < -0.3 is 4.74 Å². The van der Waals surface area contributed by atoms with E-state index in [1.54, 1.807) is 24.3 Å². The topological polar surface area (TPSA) is 9.23 Å². The van der Waals surface area contributed by atoms with Crippen molar-refractivity contribution in [2.24, 2.45) is 0 Å². The van der Waals surface area contributed by atoms with Crippen LogP contribution in [0.2, 0.25) is 0 Å². The van der Waals surface area contributed by atoms with Crippen LogP contribution in [0.4, 0.5) is 8.78 Å². The summed E-state index contributed by atoms with van der Waals surface area (Å²) in [6.45, 7) is -0.666. The van der Waals surface area contributed by atoms with Gasteiger partial charge in [0.05, 0.1) is 0 Å². The second kappa shape index (κ2) is 4.80. The summed E-state index contributed by atoms with van der Waals surface area (Å²) >= 11 is 0. The van der Waals surface area contributed by atoms with E-state index < -0.39 is 6.61 Å². The molecular weight excluding hydrogens is 174 g/mol. The number of rotatable bonds is 4. The summed E-state index contributed by atoms with van der Waals surface area (Å²) in [4.78, 5) is 0. The number of aryl methyl sites for hydroxylation is 1. The van der Waals surface area contributed by atoms with Gasteiger partial charge >= 0.3 is 6.61 Å². The maximum Gasteiger partial charge on any atom is 0.387 e. The highest BCUT2D eigenvalue weighted by Gasteiger charge is 2.02. The molecule has 0 unspecified atom stereocenters. The molecule has 0 aliphatic rings. The zero-order valence-corrected chi connectivity index (χ0v) is 7.47. The molecule has 0 fully saturated rings. The smallest absolute Gasteiger partial charge is 0.387 e. The predicted octanol–water partition coefficient (Wildman–Crippen LogP) is 3.24. The molecule has 0 spiro atoms. The molecule has 0 saturated heterocycles. The minimum atomic E-state index is -2.74. The van der Waals surface area contributed by atoms with Crippen LogP contribution < -0.4 is 4.74 Å². The van der Waals surface area contributed by atoms with E-state index in [1.165, 1.54) is 0 Å². The van der Waals surface area contributed by atoms with Crippen LogP contribution >= 0.6 is 0 Å². The van der Waals surface area contributed by atoms with Crippen molar-refractivity contribution >= 4 is 0 Å². The summed E-state index contributed by atoms with van der Waals surface area (Å²) in [6.07, 6.45) is 2.02. The van der Waals surface area contributed by atoms with Crippen LogP contribution in [0, 0.1) is 0 Å². The molecule has 0 heterocycles. The molecule has 1 rings (SSSR count). The molecule has 3 heteroatoms. The number of halogens is 2. The second-order valence-corrected chi connectivity index (χ2v) is 2.77. The zero-order valence-electron chi connectivity index (χ0n) is 7.47. The average Bonchev–Trinajstić information content (AvgIpc) is 2.08. The van der Waals surface area contributed by atoms with Crippen molar-refractivity contribution in [3.05, 3.63) is 29.8 Å². The second-order valence-electron chi connectivity index (χ2n) is 2.77. The quantitative estimate of drug-likeness (QED) is 0.701. The van der Waals surface area contributed by atoms with Gasteiger partial charge in [0.15, 0.2) is 0 Å². The van der Waals surface area contributed by atoms with Crippen molar-refractivity contribution in [3.63, 3.8) is 0 Å². The largest absolute Gasteiger partial charge is 0.435 e. The SMILES string of the molecule is CCCc1ccc(OC(F)F)cc1. The lowest BCUT2D eigenvalue weighted by molar-refractivity contribution is -0.0498. The van der Waals surface area contributed by atoms with E-state index in [2.05, 4.69) is 11.7 Å². The Morgan fingerprint density at radius 2 is 1.85 bits per heavy atom. The van der Waals surface area contributed by atoms with Crippen LogP contribution in [-0.4, -0.2) is 6.61 Å². The third-order valence-corrected chi connectivity index (χ3v) is 1.69. The van der Waals surface area contributed by atoms with Crippen LogP contribution in [0.1, 0.15) is 18.9 Å². The van der Waals surface area contributed by atoms with Crippen LogP contribution in [0.15, 0.2) is 24.3 Å². The third kappa shape index (κ3) is 3.40. The van der Waals surface area contributed by atoms with Crippen molar-refractivity contribution in [3.8, 4) is 5.75 Å². The number of alkyl halides is 2. The molecule has 0 atom stereocenters.